The first-order valence-corrected chi connectivity index (χ1v) is 3.22. The number of carboxylic acids is 1. The van der Waals surface area contributed by atoms with Crippen LogP contribution in [-0.4, -0.2) is 11.1 Å². The van der Waals surface area contributed by atoms with Gasteiger partial charge in [-0.05, 0) is 19.3 Å². The third kappa shape index (κ3) is 0.745. The van der Waals surface area contributed by atoms with Gasteiger partial charge in [-0.25, -0.2) is 0 Å². The Bertz CT molecular complexity index is 197. The van der Waals surface area contributed by atoms with Gasteiger partial charge in [0, 0.05) is 0 Å². The van der Waals surface area contributed by atoms with Crippen molar-refractivity contribution in [3.05, 3.63) is 11.1 Å². The van der Waals surface area contributed by atoms with E-state index in [1.54, 1.807) is 0 Å². The van der Waals surface area contributed by atoms with Gasteiger partial charge in [0.05, 0.1) is 5.92 Å². The third-order valence-corrected chi connectivity index (χ3v) is 1.94. The Labute approximate surface area is 53.2 Å². The zero-order valence-corrected chi connectivity index (χ0v) is 5.05. The highest BCUT2D eigenvalue weighted by molar-refractivity contribution is 5.80. The molecule has 0 aromatic heterocycles. The lowest BCUT2D eigenvalue weighted by atomic mass is 10.4. The van der Waals surface area contributed by atoms with Crippen molar-refractivity contribution < 1.29 is 9.90 Å². The second kappa shape index (κ2) is 1.38. The van der Waals surface area contributed by atoms with E-state index >= 15 is 0 Å². The first-order valence-electron chi connectivity index (χ1n) is 3.22. The molecule has 0 unspecified atom stereocenters. The number of rotatable bonds is 1. The molecule has 2 fully saturated rings. The smallest absolute Gasteiger partial charge is 0.310 e. The van der Waals surface area contributed by atoms with E-state index in [2.05, 4.69) is 0 Å². The van der Waals surface area contributed by atoms with Crippen LogP contribution in [0.1, 0.15) is 19.3 Å². The first kappa shape index (κ1) is 5.03. The van der Waals surface area contributed by atoms with Gasteiger partial charge in [-0.3, -0.25) is 4.79 Å². The van der Waals surface area contributed by atoms with Crippen LogP contribution in [0.4, 0.5) is 0 Å². The standard InChI is InChI=1S/C7H8O2/c8-7(9)6-3-5(6)4-1-2-4/h6H,1-3H2,(H,8,9)/t6-/m0/s1. The molecular weight excluding hydrogens is 116 g/mol. The Kier molecular flexibility index (Phi) is 0.770. The van der Waals surface area contributed by atoms with Gasteiger partial charge in [0.1, 0.15) is 0 Å². The molecule has 0 radical (unpaired) electrons. The number of hydrogen-bond donors (Lipinski definition) is 1. The van der Waals surface area contributed by atoms with Crippen molar-refractivity contribution in [1.82, 2.24) is 0 Å². The second-order valence-corrected chi connectivity index (χ2v) is 2.72. The van der Waals surface area contributed by atoms with E-state index in [0.717, 1.165) is 6.42 Å². The molecule has 2 rings (SSSR count). The average molecular weight is 124 g/mol. The fourth-order valence-corrected chi connectivity index (χ4v) is 1.17. The van der Waals surface area contributed by atoms with Crippen molar-refractivity contribution in [1.29, 1.82) is 0 Å². The van der Waals surface area contributed by atoms with Gasteiger partial charge in [-0.15, -0.1) is 0 Å². The van der Waals surface area contributed by atoms with Gasteiger partial charge in [-0.2, -0.15) is 0 Å². The van der Waals surface area contributed by atoms with Gasteiger partial charge in [0.25, 0.3) is 0 Å². The molecule has 2 nitrogen and oxygen atoms in total. The Hall–Kier alpha value is -0.790. The summed E-state index contributed by atoms with van der Waals surface area (Å²) in [5, 5.41) is 8.47. The predicted octanol–water partition coefficient (Wildman–Crippen LogP) is 1.18. The molecule has 9 heavy (non-hydrogen) atoms. The van der Waals surface area contributed by atoms with E-state index in [1.807, 2.05) is 0 Å². The molecule has 0 amide bonds. The zero-order chi connectivity index (χ0) is 6.43. The van der Waals surface area contributed by atoms with Gasteiger partial charge >= 0.3 is 5.97 Å². The highest BCUT2D eigenvalue weighted by Crippen LogP contribution is 2.48. The number of aliphatic carboxylic acids is 1. The van der Waals surface area contributed by atoms with Gasteiger partial charge in [0.15, 0.2) is 0 Å². The molecule has 0 aromatic carbocycles. The van der Waals surface area contributed by atoms with E-state index in [0.29, 0.717) is 0 Å². The molecular formula is C7H8O2. The largest absolute Gasteiger partial charge is 0.481 e. The van der Waals surface area contributed by atoms with Crippen molar-refractivity contribution in [2.24, 2.45) is 5.92 Å². The van der Waals surface area contributed by atoms with E-state index in [4.69, 9.17) is 5.11 Å². The summed E-state index contributed by atoms with van der Waals surface area (Å²) in [4.78, 5) is 10.3. The Morgan fingerprint density at radius 2 is 2.22 bits per heavy atom. The molecule has 0 aliphatic heterocycles. The Balaban J connectivity index is 2.10. The summed E-state index contributed by atoms with van der Waals surface area (Å²) in [6, 6.07) is 0. The maximum Gasteiger partial charge on any atom is 0.310 e. The maximum atomic E-state index is 10.3. The minimum Gasteiger partial charge on any atom is -0.481 e. The minimum absolute atomic E-state index is 0.0810. The second-order valence-electron chi connectivity index (χ2n) is 2.72. The number of carbonyl (C=O) groups is 1. The molecule has 1 atom stereocenters. The Morgan fingerprint density at radius 3 is 2.56 bits per heavy atom. The number of carboxylic acid groups (broad SMARTS) is 1. The molecule has 0 aromatic rings. The van der Waals surface area contributed by atoms with Crippen LogP contribution < -0.4 is 0 Å². The monoisotopic (exact) mass is 124 g/mol. The Morgan fingerprint density at radius 1 is 1.56 bits per heavy atom. The van der Waals surface area contributed by atoms with Crippen molar-refractivity contribution in [2.45, 2.75) is 19.3 Å². The summed E-state index contributed by atoms with van der Waals surface area (Å²) in [5.74, 6) is -0.716. The lowest BCUT2D eigenvalue weighted by molar-refractivity contribution is -0.138. The summed E-state index contributed by atoms with van der Waals surface area (Å²) >= 11 is 0. The van der Waals surface area contributed by atoms with E-state index < -0.39 is 5.97 Å². The van der Waals surface area contributed by atoms with Crippen LogP contribution in [0, 0.1) is 5.92 Å². The average Bonchev–Trinajstić information content (AvgIpc) is 2.60. The predicted molar refractivity (Wildman–Crippen MR) is 32.0 cm³/mol. The van der Waals surface area contributed by atoms with Crippen LogP contribution in [-0.2, 0) is 4.79 Å². The lowest BCUT2D eigenvalue weighted by Crippen LogP contribution is -1.95. The minimum atomic E-state index is -0.635. The molecule has 2 saturated carbocycles. The molecule has 2 aliphatic carbocycles. The highest BCUT2D eigenvalue weighted by Gasteiger charge is 2.41. The zero-order valence-electron chi connectivity index (χ0n) is 5.05. The summed E-state index contributed by atoms with van der Waals surface area (Å²) in [5.41, 5.74) is 2.64. The topological polar surface area (TPSA) is 37.3 Å². The van der Waals surface area contributed by atoms with Crippen molar-refractivity contribution >= 4 is 5.97 Å². The van der Waals surface area contributed by atoms with Crippen molar-refractivity contribution in [2.75, 3.05) is 0 Å². The molecule has 0 spiro atoms. The highest BCUT2D eigenvalue weighted by atomic mass is 16.4. The molecule has 2 aliphatic rings. The quantitative estimate of drug-likeness (QED) is 0.533. The molecule has 1 N–H and O–H groups in total. The number of allylic oxidation sites excluding steroid dienone is 1. The summed E-state index contributed by atoms with van der Waals surface area (Å²) in [6.07, 6.45) is 3.17. The van der Waals surface area contributed by atoms with Crippen molar-refractivity contribution in [3.8, 4) is 0 Å². The van der Waals surface area contributed by atoms with Crippen molar-refractivity contribution in [3.63, 3.8) is 0 Å². The lowest BCUT2D eigenvalue weighted by Gasteiger charge is -1.78. The fraction of sp³-hybridized carbons (Fsp3) is 0.571. The summed E-state index contributed by atoms with van der Waals surface area (Å²) < 4.78 is 0. The van der Waals surface area contributed by atoms with Crippen LogP contribution in [0.3, 0.4) is 0 Å². The van der Waals surface area contributed by atoms with Gasteiger partial charge < -0.3 is 5.11 Å². The molecule has 48 valence electrons. The maximum absolute atomic E-state index is 10.3. The van der Waals surface area contributed by atoms with Gasteiger partial charge in [-0.1, -0.05) is 11.1 Å². The molecule has 0 saturated heterocycles. The molecule has 0 heterocycles. The van der Waals surface area contributed by atoms with E-state index in [-0.39, 0.29) is 5.92 Å². The SMILES string of the molecule is O=C(O)[C@H]1CC1=C1CC1. The van der Waals surface area contributed by atoms with Gasteiger partial charge in [0.2, 0.25) is 0 Å². The normalized spacial score (nSPS) is 30.4. The van der Waals surface area contributed by atoms with E-state index in [1.165, 1.54) is 24.0 Å². The molecule has 2 heteroatoms. The summed E-state index contributed by atoms with van der Waals surface area (Å²) in [7, 11) is 0. The molecule has 0 bridgehead atoms. The van der Waals surface area contributed by atoms with Crippen LogP contribution in [0.25, 0.3) is 0 Å². The van der Waals surface area contributed by atoms with E-state index in [9.17, 15) is 4.79 Å². The third-order valence-electron chi connectivity index (χ3n) is 1.94. The van der Waals surface area contributed by atoms with Crippen LogP contribution in [0.2, 0.25) is 0 Å². The summed E-state index contributed by atoms with van der Waals surface area (Å²) in [6.45, 7) is 0. The first-order chi connectivity index (χ1) is 4.29. The fourth-order valence-electron chi connectivity index (χ4n) is 1.17. The van der Waals surface area contributed by atoms with Crippen LogP contribution >= 0.6 is 0 Å². The number of hydrogen-bond acceptors (Lipinski definition) is 1. The van der Waals surface area contributed by atoms with Crippen LogP contribution in [0.15, 0.2) is 11.1 Å². The van der Waals surface area contributed by atoms with Crippen LogP contribution in [0.5, 0.6) is 0 Å².